The third-order valence-corrected chi connectivity index (χ3v) is 3.52. The van der Waals surface area contributed by atoms with Crippen LogP contribution in [0.2, 0.25) is 0 Å². The molecule has 1 aromatic carbocycles. The fraction of sp³-hybridized carbons (Fsp3) is 0.571. The molecule has 1 saturated heterocycles. The van der Waals surface area contributed by atoms with Gasteiger partial charge in [0.15, 0.2) is 0 Å². The number of benzene rings is 1. The molecule has 1 fully saturated rings. The lowest BCUT2D eigenvalue weighted by atomic mass is 9.97. The van der Waals surface area contributed by atoms with Gasteiger partial charge < -0.3 is 10.4 Å². The molecule has 20 heavy (non-hydrogen) atoms. The molecule has 1 aliphatic heterocycles. The second kappa shape index (κ2) is 7.31. The Bertz CT molecular complexity index is 408. The SMILES string of the molecule is Cc1ccc([C@@H](N2CCNCC2)C(F)(F)CO)cc1.Cl. The summed E-state index contributed by atoms with van der Waals surface area (Å²) in [6, 6.07) is 6.06. The first kappa shape index (κ1) is 17.3. The molecule has 2 N–H and O–H groups in total. The molecule has 2 rings (SSSR count). The quantitative estimate of drug-likeness (QED) is 0.893. The molecule has 0 radical (unpaired) electrons. The van der Waals surface area contributed by atoms with E-state index in [0.717, 1.165) is 5.56 Å². The molecule has 6 heteroatoms. The van der Waals surface area contributed by atoms with E-state index in [9.17, 15) is 8.78 Å². The summed E-state index contributed by atoms with van der Waals surface area (Å²) >= 11 is 0. The van der Waals surface area contributed by atoms with Gasteiger partial charge in [-0.05, 0) is 12.5 Å². The molecule has 0 unspecified atom stereocenters. The second-order valence-corrected chi connectivity index (χ2v) is 5.02. The van der Waals surface area contributed by atoms with Gasteiger partial charge in [-0.15, -0.1) is 12.4 Å². The van der Waals surface area contributed by atoms with Crippen LogP contribution in [0.4, 0.5) is 8.78 Å². The number of rotatable bonds is 4. The Morgan fingerprint density at radius 3 is 2.30 bits per heavy atom. The number of hydrogen-bond donors (Lipinski definition) is 2. The highest BCUT2D eigenvalue weighted by Gasteiger charge is 2.43. The van der Waals surface area contributed by atoms with Gasteiger partial charge in [0.2, 0.25) is 0 Å². The number of aryl methyl sites for hydroxylation is 1. The second-order valence-electron chi connectivity index (χ2n) is 5.02. The van der Waals surface area contributed by atoms with E-state index in [1.165, 1.54) is 0 Å². The van der Waals surface area contributed by atoms with Crippen LogP contribution < -0.4 is 5.32 Å². The Kier molecular flexibility index (Phi) is 6.33. The lowest BCUT2D eigenvalue weighted by Gasteiger charge is -2.38. The molecule has 1 aliphatic rings. The number of aliphatic hydroxyl groups excluding tert-OH is 1. The molecular weight excluding hydrogens is 286 g/mol. The van der Waals surface area contributed by atoms with Crippen LogP contribution >= 0.6 is 12.4 Å². The Morgan fingerprint density at radius 1 is 1.25 bits per heavy atom. The maximum Gasteiger partial charge on any atom is 0.289 e. The number of hydrogen-bond acceptors (Lipinski definition) is 3. The van der Waals surface area contributed by atoms with E-state index >= 15 is 0 Å². The predicted octanol–water partition coefficient (Wildman–Crippen LogP) is 1.99. The van der Waals surface area contributed by atoms with E-state index in [2.05, 4.69) is 5.32 Å². The zero-order valence-corrected chi connectivity index (χ0v) is 12.3. The molecule has 114 valence electrons. The van der Waals surface area contributed by atoms with Gasteiger partial charge in [0.1, 0.15) is 12.6 Å². The van der Waals surface area contributed by atoms with Gasteiger partial charge in [-0.2, -0.15) is 0 Å². The summed E-state index contributed by atoms with van der Waals surface area (Å²) in [4.78, 5) is 1.75. The highest BCUT2D eigenvalue weighted by atomic mass is 35.5. The van der Waals surface area contributed by atoms with Crippen molar-refractivity contribution in [2.24, 2.45) is 0 Å². The minimum atomic E-state index is -3.13. The Labute approximate surface area is 124 Å². The molecule has 1 heterocycles. The number of nitrogens with one attached hydrogen (secondary N) is 1. The van der Waals surface area contributed by atoms with Gasteiger partial charge in [-0.3, -0.25) is 4.90 Å². The molecule has 1 atom stereocenters. The van der Waals surface area contributed by atoms with E-state index in [0.29, 0.717) is 31.7 Å². The van der Waals surface area contributed by atoms with Crippen molar-refractivity contribution in [2.75, 3.05) is 32.8 Å². The van der Waals surface area contributed by atoms with Gasteiger partial charge in [0.25, 0.3) is 5.92 Å². The molecule has 0 spiro atoms. The molecule has 3 nitrogen and oxygen atoms in total. The van der Waals surface area contributed by atoms with Crippen molar-refractivity contribution in [3.63, 3.8) is 0 Å². The highest BCUT2D eigenvalue weighted by Crippen LogP contribution is 2.36. The van der Waals surface area contributed by atoms with E-state index in [4.69, 9.17) is 5.11 Å². The van der Waals surface area contributed by atoms with Crippen molar-refractivity contribution in [1.82, 2.24) is 10.2 Å². The zero-order chi connectivity index (χ0) is 13.9. The van der Waals surface area contributed by atoms with Crippen LogP contribution in [0.15, 0.2) is 24.3 Å². The normalized spacial score (nSPS) is 18.4. The molecule has 1 aromatic rings. The van der Waals surface area contributed by atoms with Crippen molar-refractivity contribution >= 4 is 12.4 Å². The lowest BCUT2D eigenvalue weighted by Crippen LogP contribution is -2.51. The van der Waals surface area contributed by atoms with Gasteiger partial charge in [-0.1, -0.05) is 29.8 Å². The van der Waals surface area contributed by atoms with Gasteiger partial charge in [0, 0.05) is 26.2 Å². The third-order valence-electron chi connectivity index (χ3n) is 3.52. The highest BCUT2D eigenvalue weighted by molar-refractivity contribution is 5.85. The summed E-state index contributed by atoms with van der Waals surface area (Å²) in [6.45, 7) is 3.32. The minimum Gasteiger partial charge on any atom is -0.390 e. The van der Waals surface area contributed by atoms with Crippen molar-refractivity contribution in [3.05, 3.63) is 35.4 Å². The molecule has 0 aromatic heterocycles. The van der Waals surface area contributed by atoms with Crippen molar-refractivity contribution in [1.29, 1.82) is 0 Å². The Morgan fingerprint density at radius 2 is 1.80 bits per heavy atom. The van der Waals surface area contributed by atoms with Crippen LogP contribution in [0.25, 0.3) is 0 Å². The number of alkyl halides is 2. The minimum absolute atomic E-state index is 0. The summed E-state index contributed by atoms with van der Waals surface area (Å²) in [5, 5.41) is 12.2. The predicted molar refractivity (Wildman–Crippen MR) is 77.6 cm³/mol. The summed E-state index contributed by atoms with van der Waals surface area (Å²) in [5.41, 5.74) is 1.60. The van der Waals surface area contributed by atoms with Crippen LogP contribution in [0.5, 0.6) is 0 Å². The molecule has 0 bridgehead atoms. The molecular formula is C14H21ClF2N2O. The van der Waals surface area contributed by atoms with Crippen LogP contribution in [0, 0.1) is 6.92 Å². The number of piperazine rings is 1. The van der Waals surface area contributed by atoms with Crippen LogP contribution in [0.1, 0.15) is 17.2 Å². The van der Waals surface area contributed by atoms with E-state index in [1.807, 2.05) is 19.1 Å². The maximum absolute atomic E-state index is 14.1. The largest absolute Gasteiger partial charge is 0.390 e. The van der Waals surface area contributed by atoms with E-state index in [1.54, 1.807) is 17.0 Å². The Hall–Kier alpha value is -0.750. The fourth-order valence-corrected chi connectivity index (χ4v) is 2.50. The topological polar surface area (TPSA) is 35.5 Å². The molecule has 0 amide bonds. The van der Waals surface area contributed by atoms with Crippen LogP contribution in [0.3, 0.4) is 0 Å². The van der Waals surface area contributed by atoms with E-state index < -0.39 is 18.6 Å². The van der Waals surface area contributed by atoms with Crippen LogP contribution in [-0.4, -0.2) is 48.7 Å². The summed E-state index contributed by atoms with van der Waals surface area (Å²) in [6.07, 6.45) is 0. The monoisotopic (exact) mass is 306 g/mol. The lowest BCUT2D eigenvalue weighted by molar-refractivity contribution is -0.118. The van der Waals surface area contributed by atoms with Gasteiger partial charge in [0.05, 0.1) is 0 Å². The summed E-state index contributed by atoms with van der Waals surface area (Å²) < 4.78 is 28.2. The van der Waals surface area contributed by atoms with Gasteiger partial charge in [-0.25, -0.2) is 8.78 Å². The molecule has 0 aliphatic carbocycles. The van der Waals surface area contributed by atoms with Crippen molar-refractivity contribution in [2.45, 2.75) is 18.9 Å². The number of aliphatic hydroxyl groups is 1. The fourth-order valence-electron chi connectivity index (χ4n) is 2.50. The first-order valence-corrected chi connectivity index (χ1v) is 6.54. The van der Waals surface area contributed by atoms with Crippen molar-refractivity contribution in [3.8, 4) is 0 Å². The first-order valence-electron chi connectivity index (χ1n) is 6.54. The van der Waals surface area contributed by atoms with Gasteiger partial charge >= 0.3 is 0 Å². The number of nitrogens with zero attached hydrogens (tertiary/aromatic N) is 1. The van der Waals surface area contributed by atoms with Crippen molar-refractivity contribution < 1.29 is 13.9 Å². The average Bonchev–Trinajstić information content (AvgIpc) is 2.42. The molecule has 0 saturated carbocycles. The third kappa shape index (κ3) is 3.88. The standard InChI is InChI=1S/C14H20F2N2O.ClH/c1-11-2-4-12(5-3-11)13(14(15,16)10-19)18-8-6-17-7-9-18;/h2-5,13,17,19H,6-10H2,1H3;1H/t13-;/m1./s1. The average molecular weight is 307 g/mol. The van der Waals surface area contributed by atoms with E-state index in [-0.39, 0.29) is 12.4 Å². The summed E-state index contributed by atoms with van der Waals surface area (Å²) in [5.74, 6) is -3.13. The summed E-state index contributed by atoms with van der Waals surface area (Å²) in [7, 11) is 0. The zero-order valence-electron chi connectivity index (χ0n) is 11.5. The first-order chi connectivity index (χ1) is 9.04. The Balaban J connectivity index is 0.00000200. The maximum atomic E-state index is 14.1. The van der Waals surface area contributed by atoms with Crippen LogP contribution in [-0.2, 0) is 0 Å². The smallest absolute Gasteiger partial charge is 0.289 e. The number of halogens is 3.